The van der Waals surface area contributed by atoms with Crippen LogP contribution in [0.5, 0.6) is 5.75 Å². The minimum absolute atomic E-state index is 0.0771. The number of carbonyl (C=O) groups is 1. The Hall–Kier alpha value is -3.50. The minimum atomic E-state index is -3.91. The molecule has 2 aliphatic rings. The van der Waals surface area contributed by atoms with E-state index in [1.165, 1.54) is 49.0 Å². The fourth-order valence-electron chi connectivity index (χ4n) is 4.50. The van der Waals surface area contributed by atoms with E-state index in [1.807, 2.05) is 0 Å². The summed E-state index contributed by atoms with van der Waals surface area (Å²) in [7, 11) is -1.18. The van der Waals surface area contributed by atoms with Gasteiger partial charge in [0.2, 0.25) is 10.0 Å². The number of methoxy groups -OCH3 is 2. The van der Waals surface area contributed by atoms with E-state index in [4.69, 9.17) is 15.2 Å². The quantitative estimate of drug-likeness (QED) is 0.632. The molecular weight excluding hydrogens is 473 g/mol. The SMILES string of the molecule is COC(=O)[C@]12C/C(=C/N)C(=Nc3ccc(F)cc3)C=C1CCN(S(=O)(=O)c1cccc(OC)c1)C2. The Morgan fingerprint density at radius 3 is 2.60 bits per heavy atom. The number of hydrogen-bond acceptors (Lipinski definition) is 7. The second kappa shape index (κ2) is 9.63. The van der Waals surface area contributed by atoms with Crippen LogP contribution in [0.2, 0.25) is 0 Å². The van der Waals surface area contributed by atoms with Crippen molar-refractivity contribution in [2.45, 2.75) is 17.7 Å². The Morgan fingerprint density at radius 1 is 1.20 bits per heavy atom. The van der Waals surface area contributed by atoms with E-state index >= 15 is 0 Å². The lowest BCUT2D eigenvalue weighted by Gasteiger charge is -2.44. The van der Waals surface area contributed by atoms with Crippen molar-refractivity contribution < 1.29 is 27.1 Å². The topological polar surface area (TPSA) is 111 Å². The zero-order chi connectivity index (χ0) is 25.2. The smallest absolute Gasteiger partial charge is 0.317 e. The molecule has 2 aromatic carbocycles. The van der Waals surface area contributed by atoms with Crippen molar-refractivity contribution >= 4 is 27.4 Å². The van der Waals surface area contributed by atoms with Gasteiger partial charge < -0.3 is 15.2 Å². The van der Waals surface area contributed by atoms with E-state index in [9.17, 15) is 17.6 Å². The molecule has 8 nitrogen and oxygen atoms in total. The summed E-state index contributed by atoms with van der Waals surface area (Å²) in [5, 5.41) is 0. The number of fused-ring (bicyclic) bond motifs is 1. The van der Waals surface area contributed by atoms with Crippen molar-refractivity contribution in [3.63, 3.8) is 0 Å². The Morgan fingerprint density at radius 2 is 1.94 bits per heavy atom. The molecule has 4 rings (SSSR count). The van der Waals surface area contributed by atoms with Crippen molar-refractivity contribution in [2.24, 2.45) is 16.1 Å². The van der Waals surface area contributed by atoms with E-state index in [-0.39, 0.29) is 30.2 Å². The molecule has 1 atom stereocenters. The molecule has 0 bridgehead atoms. The summed E-state index contributed by atoms with van der Waals surface area (Å²) < 4.78 is 51.9. The summed E-state index contributed by atoms with van der Waals surface area (Å²) in [6.07, 6.45) is 3.54. The summed E-state index contributed by atoms with van der Waals surface area (Å²) in [5.74, 6) is -0.506. The Bertz CT molecular complexity index is 1340. The molecule has 1 heterocycles. The average Bonchev–Trinajstić information content (AvgIpc) is 2.88. The van der Waals surface area contributed by atoms with E-state index in [0.29, 0.717) is 34.7 Å². The van der Waals surface area contributed by atoms with Gasteiger partial charge in [-0.2, -0.15) is 4.31 Å². The van der Waals surface area contributed by atoms with Crippen molar-refractivity contribution in [1.82, 2.24) is 4.31 Å². The molecule has 0 aromatic heterocycles. The second-order valence-corrected chi connectivity index (χ2v) is 10.3. The number of aliphatic imine (C=N–C) groups is 1. The van der Waals surface area contributed by atoms with E-state index in [1.54, 1.807) is 30.3 Å². The number of sulfonamides is 1. The number of carbonyl (C=O) groups excluding carboxylic acids is 1. The van der Waals surface area contributed by atoms with Gasteiger partial charge in [-0.05, 0) is 72.7 Å². The predicted molar refractivity (Wildman–Crippen MR) is 129 cm³/mol. The Balaban J connectivity index is 1.75. The molecule has 0 spiro atoms. The Labute approximate surface area is 203 Å². The molecular formula is C25H26FN3O5S. The zero-order valence-electron chi connectivity index (χ0n) is 19.4. The fourth-order valence-corrected chi connectivity index (χ4v) is 6.04. The average molecular weight is 500 g/mol. The maximum Gasteiger partial charge on any atom is 0.317 e. The van der Waals surface area contributed by atoms with Gasteiger partial charge in [-0.25, -0.2) is 17.8 Å². The molecule has 1 aliphatic heterocycles. The normalized spacial score (nSPS) is 23.0. The van der Waals surface area contributed by atoms with Crippen LogP contribution in [0.15, 0.2) is 81.8 Å². The highest BCUT2D eigenvalue weighted by Gasteiger charge is 2.52. The maximum absolute atomic E-state index is 13.5. The number of benzene rings is 2. The minimum Gasteiger partial charge on any atom is -0.497 e. The number of nitrogens with two attached hydrogens (primary N) is 1. The molecule has 10 heteroatoms. The van der Waals surface area contributed by atoms with Crippen LogP contribution < -0.4 is 10.5 Å². The lowest BCUT2D eigenvalue weighted by atomic mass is 9.67. The van der Waals surface area contributed by atoms with Gasteiger partial charge in [-0.15, -0.1) is 0 Å². The lowest BCUT2D eigenvalue weighted by Crippen LogP contribution is -2.53. The molecule has 1 saturated heterocycles. The third kappa shape index (κ3) is 4.59. The maximum atomic E-state index is 13.5. The first-order valence-corrected chi connectivity index (χ1v) is 12.4. The number of ether oxygens (including phenoxy) is 2. The standard InChI is InChI=1S/C25H26FN3O5S/c1-33-21-4-3-5-22(13-21)35(31,32)29-11-10-18-12-23(28-20-8-6-19(26)7-9-20)17(15-27)14-25(18,16-29)24(30)34-2/h3-9,12-13,15H,10-11,14,16,27H2,1-2H3/b17-15-,28-23?/t25-/m0/s1. The van der Waals surface area contributed by atoms with Gasteiger partial charge in [0.1, 0.15) is 17.0 Å². The van der Waals surface area contributed by atoms with E-state index in [0.717, 1.165) is 0 Å². The van der Waals surface area contributed by atoms with Gasteiger partial charge in [-0.1, -0.05) is 6.07 Å². The van der Waals surface area contributed by atoms with Crippen LogP contribution in [-0.4, -0.2) is 51.7 Å². The molecule has 0 amide bonds. The summed E-state index contributed by atoms with van der Waals surface area (Å²) in [4.78, 5) is 17.8. The molecule has 0 unspecified atom stereocenters. The number of piperidine rings is 1. The van der Waals surface area contributed by atoms with Gasteiger partial charge in [0.25, 0.3) is 0 Å². The first-order valence-electron chi connectivity index (χ1n) is 10.9. The van der Waals surface area contributed by atoms with Crippen LogP contribution in [-0.2, 0) is 19.6 Å². The molecule has 35 heavy (non-hydrogen) atoms. The number of hydrogen-bond donors (Lipinski definition) is 1. The van der Waals surface area contributed by atoms with Crippen molar-refractivity contribution in [1.29, 1.82) is 0 Å². The van der Waals surface area contributed by atoms with Crippen LogP contribution in [0.1, 0.15) is 12.8 Å². The van der Waals surface area contributed by atoms with Crippen LogP contribution >= 0.6 is 0 Å². The van der Waals surface area contributed by atoms with Crippen LogP contribution in [0.3, 0.4) is 0 Å². The highest BCUT2D eigenvalue weighted by molar-refractivity contribution is 7.89. The Kier molecular flexibility index (Phi) is 6.77. The molecule has 1 aliphatic carbocycles. The molecule has 1 fully saturated rings. The molecule has 184 valence electrons. The fraction of sp³-hybridized carbons (Fsp3) is 0.280. The zero-order valence-corrected chi connectivity index (χ0v) is 20.2. The van der Waals surface area contributed by atoms with Gasteiger partial charge >= 0.3 is 5.97 Å². The van der Waals surface area contributed by atoms with Crippen LogP contribution in [0, 0.1) is 11.2 Å². The summed E-state index contributed by atoms with van der Waals surface area (Å²) >= 11 is 0. The molecule has 0 saturated carbocycles. The predicted octanol–water partition coefficient (Wildman–Crippen LogP) is 3.33. The summed E-state index contributed by atoms with van der Waals surface area (Å²) in [6, 6.07) is 11.9. The third-order valence-corrected chi connectivity index (χ3v) is 8.20. The number of esters is 1. The van der Waals surface area contributed by atoms with E-state index in [2.05, 4.69) is 4.99 Å². The van der Waals surface area contributed by atoms with Gasteiger partial charge in [0.05, 0.1) is 30.5 Å². The number of halogens is 1. The highest BCUT2D eigenvalue weighted by Crippen LogP contribution is 2.46. The molecule has 2 N–H and O–H groups in total. The number of allylic oxidation sites excluding steroid dienone is 2. The van der Waals surface area contributed by atoms with Crippen molar-refractivity contribution in [3.05, 3.63) is 77.8 Å². The largest absolute Gasteiger partial charge is 0.497 e. The van der Waals surface area contributed by atoms with Gasteiger partial charge in [0.15, 0.2) is 0 Å². The van der Waals surface area contributed by atoms with Gasteiger partial charge in [0, 0.05) is 19.2 Å². The summed E-state index contributed by atoms with van der Waals surface area (Å²) in [5.41, 5.74) is 7.01. The molecule has 2 aromatic rings. The summed E-state index contributed by atoms with van der Waals surface area (Å²) in [6.45, 7) is 0.0713. The first-order chi connectivity index (χ1) is 16.7. The number of nitrogens with zero attached hydrogens (tertiary/aromatic N) is 2. The monoisotopic (exact) mass is 499 g/mol. The van der Waals surface area contributed by atoms with Crippen molar-refractivity contribution in [3.8, 4) is 5.75 Å². The lowest BCUT2D eigenvalue weighted by molar-refractivity contribution is -0.151. The van der Waals surface area contributed by atoms with Crippen molar-refractivity contribution in [2.75, 3.05) is 27.3 Å². The third-order valence-electron chi connectivity index (χ3n) is 6.36. The number of rotatable bonds is 5. The van der Waals surface area contributed by atoms with E-state index < -0.39 is 21.4 Å². The van der Waals surface area contributed by atoms with Crippen LogP contribution in [0.25, 0.3) is 0 Å². The van der Waals surface area contributed by atoms with Gasteiger partial charge in [-0.3, -0.25) is 4.79 Å². The second-order valence-electron chi connectivity index (χ2n) is 8.35. The highest BCUT2D eigenvalue weighted by atomic mass is 32.2. The first kappa shape index (κ1) is 24.6. The van der Waals surface area contributed by atoms with Crippen LogP contribution in [0.4, 0.5) is 10.1 Å². The molecule has 0 radical (unpaired) electrons.